The first-order valence-electron chi connectivity index (χ1n) is 6.96. The number of nitrogens with zero attached hydrogens (tertiary/aromatic N) is 2. The third-order valence-corrected chi connectivity index (χ3v) is 4.21. The number of carbonyl (C=O) groups is 1. The van der Waals surface area contributed by atoms with Gasteiger partial charge in [0.25, 0.3) is 6.43 Å². The fraction of sp³-hybridized carbons (Fsp3) is 0.571. The summed E-state index contributed by atoms with van der Waals surface area (Å²) >= 11 is 0. The van der Waals surface area contributed by atoms with Crippen LogP contribution in [0.25, 0.3) is 0 Å². The lowest BCUT2D eigenvalue weighted by Gasteiger charge is -2.36. The molecule has 3 heterocycles. The molecule has 5 nitrogen and oxygen atoms in total. The molecule has 3 rings (SSSR count). The van der Waals surface area contributed by atoms with Crippen molar-refractivity contribution < 1.29 is 23.4 Å². The SMILES string of the molecule is O=C(O)N1C2CCC1CC(Oc1cc(C(F)F)ccn1)C2. The molecule has 7 heteroatoms. The Labute approximate surface area is 120 Å². The van der Waals surface area contributed by atoms with Crippen LogP contribution in [0.2, 0.25) is 0 Å². The van der Waals surface area contributed by atoms with Crippen LogP contribution in [0.5, 0.6) is 5.88 Å². The van der Waals surface area contributed by atoms with Crippen molar-refractivity contribution in [3.8, 4) is 5.88 Å². The average molecular weight is 298 g/mol. The van der Waals surface area contributed by atoms with Gasteiger partial charge in [-0.2, -0.15) is 0 Å². The number of carboxylic acid groups (broad SMARTS) is 1. The van der Waals surface area contributed by atoms with Crippen LogP contribution >= 0.6 is 0 Å². The van der Waals surface area contributed by atoms with E-state index in [0.29, 0.717) is 12.8 Å². The second-order valence-electron chi connectivity index (χ2n) is 5.51. The molecule has 21 heavy (non-hydrogen) atoms. The molecular weight excluding hydrogens is 282 g/mol. The summed E-state index contributed by atoms with van der Waals surface area (Å²) in [6, 6.07) is 2.43. The molecule has 2 aliphatic heterocycles. The Balaban J connectivity index is 1.68. The fourth-order valence-corrected chi connectivity index (χ4v) is 3.33. The highest BCUT2D eigenvalue weighted by molar-refractivity contribution is 5.66. The van der Waals surface area contributed by atoms with E-state index in [1.807, 2.05) is 0 Å². The fourth-order valence-electron chi connectivity index (χ4n) is 3.33. The van der Waals surface area contributed by atoms with Crippen molar-refractivity contribution in [1.82, 2.24) is 9.88 Å². The predicted molar refractivity (Wildman–Crippen MR) is 69.5 cm³/mol. The molecule has 0 spiro atoms. The molecule has 2 atom stereocenters. The maximum atomic E-state index is 12.6. The summed E-state index contributed by atoms with van der Waals surface area (Å²) in [5, 5.41) is 9.18. The number of ether oxygens (including phenoxy) is 1. The van der Waals surface area contributed by atoms with E-state index in [1.54, 1.807) is 0 Å². The second-order valence-corrected chi connectivity index (χ2v) is 5.51. The highest BCUT2D eigenvalue weighted by Gasteiger charge is 2.44. The molecular formula is C14H16F2N2O3. The maximum absolute atomic E-state index is 12.6. The molecule has 2 unspecified atom stereocenters. The number of amides is 1. The summed E-state index contributed by atoms with van der Waals surface area (Å²) in [5.41, 5.74) is -0.119. The summed E-state index contributed by atoms with van der Waals surface area (Å²) < 4.78 is 31.0. The first-order valence-corrected chi connectivity index (χ1v) is 6.96. The maximum Gasteiger partial charge on any atom is 0.407 e. The number of hydrogen-bond acceptors (Lipinski definition) is 3. The molecule has 1 aromatic heterocycles. The van der Waals surface area contributed by atoms with Crippen molar-refractivity contribution in [2.24, 2.45) is 0 Å². The summed E-state index contributed by atoms with van der Waals surface area (Å²) in [7, 11) is 0. The summed E-state index contributed by atoms with van der Waals surface area (Å²) in [6.45, 7) is 0. The first-order chi connectivity index (χ1) is 10.0. The van der Waals surface area contributed by atoms with Gasteiger partial charge >= 0.3 is 6.09 Å². The van der Waals surface area contributed by atoms with Crippen LogP contribution in [0.1, 0.15) is 37.7 Å². The minimum absolute atomic E-state index is 0.0375. The van der Waals surface area contributed by atoms with E-state index < -0.39 is 12.5 Å². The molecule has 2 fully saturated rings. The quantitative estimate of drug-likeness (QED) is 0.931. The monoisotopic (exact) mass is 298 g/mol. The average Bonchev–Trinajstić information content (AvgIpc) is 2.71. The highest BCUT2D eigenvalue weighted by atomic mass is 19.3. The number of halogens is 2. The number of fused-ring (bicyclic) bond motifs is 2. The van der Waals surface area contributed by atoms with Gasteiger partial charge in [0.15, 0.2) is 0 Å². The molecule has 1 amide bonds. The minimum Gasteiger partial charge on any atom is -0.474 e. The molecule has 0 aromatic carbocycles. The Morgan fingerprint density at radius 1 is 1.38 bits per heavy atom. The van der Waals surface area contributed by atoms with Crippen molar-refractivity contribution in [1.29, 1.82) is 0 Å². The van der Waals surface area contributed by atoms with E-state index in [1.165, 1.54) is 23.2 Å². The van der Waals surface area contributed by atoms with Crippen LogP contribution < -0.4 is 4.74 Å². The topological polar surface area (TPSA) is 62.7 Å². The van der Waals surface area contributed by atoms with Gasteiger partial charge in [-0.05, 0) is 18.9 Å². The van der Waals surface area contributed by atoms with Crippen LogP contribution in [0, 0.1) is 0 Å². The van der Waals surface area contributed by atoms with Gasteiger partial charge in [-0.1, -0.05) is 0 Å². The lowest BCUT2D eigenvalue weighted by Crippen LogP contribution is -2.48. The lowest BCUT2D eigenvalue weighted by molar-refractivity contribution is 0.0474. The number of hydrogen-bond donors (Lipinski definition) is 1. The Kier molecular flexibility index (Phi) is 3.65. The van der Waals surface area contributed by atoms with Gasteiger partial charge in [0, 0.05) is 42.8 Å². The predicted octanol–water partition coefficient (Wildman–Crippen LogP) is 3.07. The standard InChI is InChI=1S/C14H16F2N2O3/c15-13(16)8-3-4-17-12(5-8)21-11-6-9-1-2-10(7-11)18(9)14(19)20/h3-5,9-11,13H,1-2,6-7H2,(H,19,20). The third kappa shape index (κ3) is 2.77. The Hall–Kier alpha value is -1.92. The normalized spacial score (nSPS) is 28.0. The lowest BCUT2D eigenvalue weighted by atomic mass is 10.0. The van der Waals surface area contributed by atoms with Gasteiger partial charge < -0.3 is 14.7 Å². The zero-order chi connectivity index (χ0) is 15.0. The smallest absolute Gasteiger partial charge is 0.407 e. The van der Waals surface area contributed by atoms with Gasteiger partial charge in [-0.15, -0.1) is 0 Å². The summed E-state index contributed by atoms with van der Waals surface area (Å²) in [4.78, 5) is 16.6. The number of aromatic nitrogens is 1. The van der Waals surface area contributed by atoms with Crippen molar-refractivity contribution in [3.63, 3.8) is 0 Å². The third-order valence-electron chi connectivity index (χ3n) is 4.21. The summed E-state index contributed by atoms with van der Waals surface area (Å²) in [6.07, 6.45) is 0.533. The van der Waals surface area contributed by atoms with Gasteiger partial charge in [-0.3, -0.25) is 0 Å². The minimum atomic E-state index is -2.56. The van der Waals surface area contributed by atoms with Gasteiger partial charge in [0.05, 0.1) is 0 Å². The molecule has 1 N–H and O–H groups in total. The van der Waals surface area contributed by atoms with E-state index in [9.17, 15) is 18.7 Å². The van der Waals surface area contributed by atoms with Gasteiger partial charge in [0.1, 0.15) is 6.10 Å². The highest BCUT2D eigenvalue weighted by Crippen LogP contribution is 2.37. The Morgan fingerprint density at radius 2 is 2.05 bits per heavy atom. The van der Waals surface area contributed by atoms with Crippen molar-refractivity contribution >= 4 is 6.09 Å². The molecule has 114 valence electrons. The van der Waals surface area contributed by atoms with Crippen molar-refractivity contribution in [2.45, 2.75) is 50.3 Å². The van der Waals surface area contributed by atoms with E-state index in [-0.39, 0.29) is 29.6 Å². The van der Waals surface area contributed by atoms with E-state index in [0.717, 1.165) is 12.8 Å². The molecule has 2 bridgehead atoms. The largest absolute Gasteiger partial charge is 0.474 e. The van der Waals surface area contributed by atoms with Crippen molar-refractivity contribution in [2.75, 3.05) is 0 Å². The number of rotatable bonds is 3. The first kappa shape index (κ1) is 14.0. The number of piperidine rings is 1. The second kappa shape index (κ2) is 5.46. The molecule has 2 saturated heterocycles. The van der Waals surface area contributed by atoms with Crippen LogP contribution in [0.3, 0.4) is 0 Å². The van der Waals surface area contributed by atoms with E-state index in [2.05, 4.69) is 4.98 Å². The Morgan fingerprint density at radius 3 is 2.62 bits per heavy atom. The van der Waals surface area contributed by atoms with Crippen LogP contribution in [-0.2, 0) is 0 Å². The summed E-state index contributed by atoms with van der Waals surface area (Å²) in [5.74, 6) is 0.181. The van der Waals surface area contributed by atoms with Crippen LogP contribution in [-0.4, -0.2) is 39.3 Å². The molecule has 0 radical (unpaired) electrons. The number of alkyl halides is 2. The molecule has 0 saturated carbocycles. The molecule has 1 aromatic rings. The van der Waals surface area contributed by atoms with Gasteiger partial charge in [0.2, 0.25) is 5.88 Å². The van der Waals surface area contributed by atoms with E-state index >= 15 is 0 Å². The van der Waals surface area contributed by atoms with Crippen LogP contribution in [0.4, 0.5) is 13.6 Å². The Bertz CT molecular complexity index is 527. The van der Waals surface area contributed by atoms with Gasteiger partial charge in [-0.25, -0.2) is 18.6 Å². The van der Waals surface area contributed by atoms with Crippen LogP contribution in [0.15, 0.2) is 18.3 Å². The number of pyridine rings is 1. The van der Waals surface area contributed by atoms with E-state index in [4.69, 9.17) is 4.74 Å². The molecule has 0 aliphatic carbocycles. The zero-order valence-corrected chi connectivity index (χ0v) is 11.3. The zero-order valence-electron chi connectivity index (χ0n) is 11.3. The molecule has 2 aliphatic rings. The van der Waals surface area contributed by atoms with Crippen molar-refractivity contribution in [3.05, 3.63) is 23.9 Å².